The maximum Gasteiger partial charge on any atom is 0.306 e. The Labute approximate surface area is 106 Å². The Morgan fingerprint density at radius 3 is 2.67 bits per heavy atom. The predicted octanol–water partition coefficient (Wildman–Crippen LogP) is 0.795. The highest BCUT2D eigenvalue weighted by Crippen LogP contribution is 2.21. The lowest BCUT2D eigenvalue weighted by atomic mass is 10.1. The second kappa shape index (κ2) is 6.98. The van der Waals surface area contributed by atoms with Gasteiger partial charge in [0, 0.05) is 19.0 Å². The molecule has 0 bridgehead atoms. The zero-order valence-electron chi connectivity index (χ0n) is 10.6. The fourth-order valence-electron chi connectivity index (χ4n) is 2.16. The number of carbonyl (C=O) groups is 3. The van der Waals surface area contributed by atoms with Crippen LogP contribution in [0.4, 0.5) is 0 Å². The van der Waals surface area contributed by atoms with Crippen LogP contribution < -0.4 is 0 Å². The van der Waals surface area contributed by atoms with Crippen LogP contribution in [0.25, 0.3) is 0 Å². The zero-order valence-corrected chi connectivity index (χ0v) is 10.6. The molecule has 18 heavy (non-hydrogen) atoms. The summed E-state index contributed by atoms with van der Waals surface area (Å²) in [7, 11) is 0. The van der Waals surface area contributed by atoms with E-state index in [4.69, 9.17) is 9.84 Å². The number of nitrogens with zero attached hydrogens (tertiary/aromatic N) is 1. The van der Waals surface area contributed by atoms with Crippen molar-refractivity contribution in [1.29, 1.82) is 0 Å². The molecule has 0 aromatic heterocycles. The van der Waals surface area contributed by atoms with E-state index in [2.05, 4.69) is 0 Å². The first-order valence-electron chi connectivity index (χ1n) is 6.21. The highest BCUT2D eigenvalue weighted by molar-refractivity contribution is 5.82. The Bertz CT molecular complexity index is 328. The number of carboxylic acid groups (broad SMARTS) is 1. The molecule has 0 aromatic rings. The topological polar surface area (TPSA) is 83.9 Å². The van der Waals surface area contributed by atoms with Gasteiger partial charge >= 0.3 is 11.9 Å². The molecule has 6 heteroatoms. The number of rotatable bonds is 6. The lowest BCUT2D eigenvalue weighted by Gasteiger charge is -2.23. The van der Waals surface area contributed by atoms with E-state index in [1.54, 1.807) is 11.8 Å². The number of ether oxygens (including phenoxy) is 1. The van der Waals surface area contributed by atoms with Crippen LogP contribution in [0.1, 0.15) is 39.0 Å². The number of hydrogen-bond donors (Lipinski definition) is 1. The van der Waals surface area contributed by atoms with Crippen LogP contribution in [0, 0.1) is 0 Å². The molecule has 1 aliphatic heterocycles. The van der Waals surface area contributed by atoms with E-state index in [-0.39, 0.29) is 37.2 Å². The first kappa shape index (κ1) is 14.5. The van der Waals surface area contributed by atoms with E-state index in [9.17, 15) is 14.4 Å². The van der Waals surface area contributed by atoms with Crippen LogP contribution in [0.3, 0.4) is 0 Å². The molecular weight excluding hydrogens is 238 g/mol. The monoisotopic (exact) mass is 257 g/mol. The third kappa shape index (κ3) is 4.35. The molecule has 6 nitrogen and oxygen atoms in total. The number of likely N-dealkylation sites (tertiary alicyclic amines) is 1. The van der Waals surface area contributed by atoms with Gasteiger partial charge in [0.15, 0.2) is 0 Å². The smallest absolute Gasteiger partial charge is 0.306 e. The summed E-state index contributed by atoms with van der Waals surface area (Å²) in [4.78, 5) is 35.2. The normalized spacial score (nSPS) is 18.7. The van der Waals surface area contributed by atoms with Gasteiger partial charge < -0.3 is 14.7 Å². The van der Waals surface area contributed by atoms with Gasteiger partial charge in [0.25, 0.3) is 0 Å². The van der Waals surface area contributed by atoms with Crippen molar-refractivity contribution in [3.8, 4) is 0 Å². The third-order valence-corrected chi connectivity index (χ3v) is 2.96. The summed E-state index contributed by atoms with van der Waals surface area (Å²) in [5.41, 5.74) is 0. The summed E-state index contributed by atoms with van der Waals surface area (Å²) in [6.07, 6.45) is 1.67. The Morgan fingerprint density at radius 1 is 1.33 bits per heavy atom. The first-order valence-corrected chi connectivity index (χ1v) is 6.21. The van der Waals surface area contributed by atoms with Crippen molar-refractivity contribution in [3.05, 3.63) is 0 Å². The maximum atomic E-state index is 11.9. The summed E-state index contributed by atoms with van der Waals surface area (Å²) in [6.45, 7) is 2.60. The molecule has 0 saturated carbocycles. The largest absolute Gasteiger partial charge is 0.481 e. The van der Waals surface area contributed by atoms with Crippen LogP contribution in [-0.2, 0) is 19.1 Å². The predicted molar refractivity (Wildman–Crippen MR) is 62.9 cm³/mol. The standard InChI is InChI=1S/C12H19NO5/c1-2-18-12(17)6-5-10(14)13-7-3-4-9(13)8-11(15)16/h9H,2-8H2,1H3,(H,15,16). The van der Waals surface area contributed by atoms with Gasteiger partial charge in [-0.25, -0.2) is 0 Å². The van der Waals surface area contributed by atoms with E-state index in [0.29, 0.717) is 13.2 Å². The van der Waals surface area contributed by atoms with Crippen molar-refractivity contribution >= 4 is 17.8 Å². The Kier molecular flexibility index (Phi) is 5.61. The van der Waals surface area contributed by atoms with Gasteiger partial charge in [-0.3, -0.25) is 14.4 Å². The van der Waals surface area contributed by atoms with Crippen molar-refractivity contribution < 1.29 is 24.2 Å². The fourth-order valence-corrected chi connectivity index (χ4v) is 2.16. The molecule has 0 radical (unpaired) electrons. The van der Waals surface area contributed by atoms with Crippen molar-refractivity contribution in [1.82, 2.24) is 4.90 Å². The molecule has 1 N–H and O–H groups in total. The molecule has 1 atom stereocenters. The summed E-state index contributed by atoms with van der Waals surface area (Å²) in [5, 5.41) is 8.75. The van der Waals surface area contributed by atoms with E-state index in [0.717, 1.165) is 12.8 Å². The molecule has 102 valence electrons. The van der Waals surface area contributed by atoms with Crippen molar-refractivity contribution in [2.45, 2.75) is 45.1 Å². The van der Waals surface area contributed by atoms with Gasteiger partial charge in [-0.05, 0) is 19.8 Å². The molecule has 1 rings (SSSR count). The molecule has 1 saturated heterocycles. The number of carboxylic acids is 1. The van der Waals surface area contributed by atoms with E-state index in [1.165, 1.54) is 0 Å². The quantitative estimate of drug-likeness (QED) is 0.711. The second-order valence-electron chi connectivity index (χ2n) is 4.29. The maximum absolute atomic E-state index is 11.9. The van der Waals surface area contributed by atoms with Crippen LogP contribution in [0.15, 0.2) is 0 Å². The van der Waals surface area contributed by atoms with Crippen LogP contribution in [0.2, 0.25) is 0 Å². The molecule has 1 aliphatic rings. The van der Waals surface area contributed by atoms with Crippen LogP contribution in [-0.4, -0.2) is 47.0 Å². The average Bonchev–Trinajstić information content (AvgIpc) is 2.73. The highest BCUT2D eigenvalue weighted by Gasteiger charge is 2.30. The van der Waals surface area contributed by atoms with Gasteiger partial charge in [-0.15, -0.1) is 0 Å². The molecular formula is C12H19NO5. The second-order valence-corrected chi connectivity index (χ2v) is 4.29. The van der Waals surface area contributed by atoms with E-state index >= 15 is 0 Å². The molecule has 0 spiro atoms. The summed E-state index contributed by atoms with van der Waals surface area (Å²) < 4.78 is 4.74. The van der Waals surface area contributed by atoms with Gasteiger partial charge in [0.2, 0.25) is 5.91 Å². The number of aliphatic carboxylic acids is 1. The van der Waals surface area contributed by atoms with Crippen molar-refractivity contribution in [3.63, 3.8) is 0 Å². The van der Waals surface area contributed by atoms with Gasteiger partial charge in [0.05, 0.1) is 19.4 Å². The molecule has 1 unspecified atom stereocenters. The lowest BCUT2D eigenvalue weighted by Crippen LogP contribution is -2.37. The molecule has 1 fully saturated rings. The minimum absolute atomic E-state index is 0.0227. The number of carbonyl (C=O) groups excluding carboxylic acids is 2. The summed E-state index contributed by atoms with van der Waals surface area (Å²) >= 11 is 0. The van der Waals surface area contributed by atoms with Crippen molar-refractivity contribution in [2.24, 2.45) is 0 Å². The number of amides is 1. The first-order chi connectivity index (χ1) is 8.54. The molecule has 0 aromatic carbocycles. The van der Waals surface area contributed by atoms with Crippen LogP contribution >= 0.6 is 0 Å². The lowest BCUT2D eigenvalue weighted by molar-refractivity contribution is -0.146. The Hall–Kier alpha value is -1.59. The average molecular weight is 257 g/mol. The summed E-state index contributed by atoms with van der Waals surface area (Å²) in [5.74, 6) is -1.45. The molecule has 0 aliphatic carbocycles. The van der Waals surface area contributed by atoms with Crippen LogP contribution in [0.5, 0.6) is 0 Å². The highest BCUT2D eigenvalue weighted by atomic mass is 16.5. The summed E-state index contributed by atoms with van der Waals surface area (Å²) in [6, 6.07) is -0.225. The third-order valence-electron chi connectivity index (χ3n) is 2.96. The number of esters is 1. The van der Waals surface area contributed by atoms with Crippen molar-refractivity contribution in [2.75, 3.05) is 13.2 Å². The van der Waals surface area contributed by atoms with Gasteiger partial charge in [-0.2, -0.15) is 0 Å². The Morgan fingerprint density at radius 2 is 2.06 bits per heavy atom. The van der Waals surface area contributed by atoms with Gasteiger partial charge in [0.1, 0.15) is 0 Å². The molecule has 1 heterocycles. The number of hydrogen-bond acceptors (Lipinski definition) is 4. The Balaban J connectivity index is 2.40. The van der Waals surface area contributed by atoms with E-state index < -0.39 is 5.97 Å². The minimum Gasteiger partial charge on any atom is -0.481 e. The SMILES string of the molecule is CCOC(=O)CCC(=O)N1CCCC1CC(=O)O. The molecule has 1 amide bonds. The van der Waals surface area contributed by atoms with E-state index in [1.807, 2.05) is 0 Å². The van der Waals surface area contributed by atoms with Gasteiger partial charge in [-0.1, -0.05) is 0 Å². The zero-order chi connectivity index (χ0) is 13.5. The fraction of sp³-hybridized carbons (Fsp3) is 0.750. The minimum atomic E-state index is -0.898.